The van der Waals surface area contributed by atoms with Crippen LogP contribution in [0.15, 0.2) is 44.6 Å². The molecule has 1 aliphatic heterocycles. The van der Waals surface area contributed by atoms with Gasteiger partial charge >= 0.3 is 0 Å². The maximum atomic E-state index is 13.3. The number of benzene rings is 1. The molecule has 3 fully saturated rings. The van der Waals surface area contributed by atoms with E-state index in [1.165, 1.54) is 50.3 Å². The van der Waals surface area contributed by atoms with Crippen LogP contribution in [0.4, 0.5) is 0 Å². The standard InChI is InChI=1S/C27H35N3O4S/c1-18(21-16-19-7-5-8-20(15-19)17-21)28-26(32)24-25(35-22-9-3-2-4-10-22)27(29-34-24)33-14-13-30-12-6-11-23(30)31/h2-4,9-10,18-21H,5-8,11-17H2,1H3,(H,28,32). The molecule has 8 heteroatoms. The van der Waals surface area contributed by atoms with Crippen molar-refractivity contribution in [1.82, 2.24) is 15.4 Å². The summed E-state index contributed by atoms with van der Waals surface area (Å²) in [5.41, 5.74) is 0. The van der Waals surface area contributed by atoms with E-state index in [0.29, 0.717) is 36.3 Å². The third kappa shape index (κ3) is 5.85. The molecule has 0 spiro atoms. The fraction of sp³-hybridized carbons (Fsp3) is 0.593. The van der Waals surface area contributed by atoms with Crippen LogP contribution in [0, 0.1) is 17.8 Å². The molecule has 2 aliphatic carbocycles. The largest absolute Gasteiger partial charge is 0.473 e. The Bertz CT molecular complexity index is 1010. The fourth-order valence-electron chi connectivity index (χ4n) is 5.97. The Morgan fingerprint density at radius 1 is 1.20 bits per heavy atom. The molecule has 2 bridgehead atoms. The van der Waals surface area contributed by atoms with Gasteiger partial charge in [0.2, 0.25) is 11.7 Å². The molecule has 1 aromatic heterocycles. The van der Waals surface area contributed by atoms with Gasteiger partial charge in [-0.2, -0.15) is 0 Å². The van der Waals surface area contributed by atoms with Crippen LogP contribution < -0.4 is 10.1 Å². The molecule has 2 aromatic rings. The zero-order valence-corrected chi connectivity index (χ0v) is 21.2. The minimum absolute atomic E-state index is 0.0797. The van der Waals surface area contributed by atoms with Gasteiger partial charge < -0.3 is 19.5 Å². The van der Waals surface area contributed by atoms with Crippen LogP contribution in [0.1, 0.15) is 68.8 Å². The highest BCUT2D eigenvalue weighted by atomic mass is 32.2. The van der Waals surface area contributed by atoms with E-state index in [0.717, 1.165) is 29.7 Å². The number of fused-ring (bicyclic) bond motifs is 2. The summed E-state index contributed by atoms with van der Waals surface area (Å²) in [7, 11) is 0. The van der Waals surface area contributed by atoms with Crippen LogP contribution >= 0.6 is 11.8 Å². The zero-order valence-electron chi connectivity index (χ0n) is 20.4. The molecule has 1 saturated heterocycles. The number of hydrogen-bond acceptors (Lipinski definition) is 6. The Morgan fingerprint density at radius 3 is 2.69 bits per heavy atom. The highest BCUT2D eigenvalue weighted by Gasteiger charge is 2.35. The second-order valence-electron chi connectivity index (χ2n) is 10.3. The molecule has 1 aromatic carbocycles. The van der Waals surface area contributed by atoms with Gasteiger partial charge in [0.15, 0.2) is 0 Å². The number of ether oxygens (including phenoxy) is 1. The van der Waals surface area contributed by atoms with Crippen LogP contribution in [-0.2, 0) is 4.79 Å². The normalized spacial score (nSPS) is 24.9. The SMILES string of the molecule is CC(NC(=O)c1onc(OCCN2CCCC2=O)c1Sc1ccccc1)C1CC2CCCC(C2)C1. The first kappa shape index (κ1) is 24.2. The lowest BCUT2D eigenvalue weighted by Gasteiger charge is -2.41. The molecular weight excluding hydrogens is 462 g/mol. The smallest absolute Gasteiger partial charge is 0.291 e. The predicted molar refractivity (Wildman–Crippen MR) is 133 cm³/mol. The first-order valence-electron chi connectivity index (χ1n) is 13.0. The first-order chi connectivity index (χ1) is 17.1. The van der Waals surface area contributed by atoms with Gasteiger partial charge in [-0.3, -0.25) is 9.59 Å². The highest BCUT2D eigenvalue weighted by Crippen LogP contribution is 2.44. The quantitative estimate of drug-likeness (QED) is 0.515. The molecule has 2 amide bonds. The summed E-state index contributed by atoms with van der Waals surface area (Å²) in [6.45, 7) is 3.70. The van der Waals surface area contributed by atoms with Crippen molar-refractivity contribution in [1.29, 1.82) is 0 Å². The van der Waals surface area contributed by atoms with Crippen molar-refractivity contribution in [3.8, 4) is 5.88 Å². The average Bonchev–Trinajstić information content (AvgIpc) is 3.45. The van der Waals surface area contributed by atoms with Crippen LogP contribution in [0.25, 0.3) is 0 Å². The number of rotatable bonds is 9. The summed E-state index contributed by atoms with van der Waals surface area (Å²) in [6.07, 6.45) is 9.27. The summed E-state index contributed by atoms with van der Waals surface area (Å²) in [5, 5.41) is 7.31. The van der Waals surface area contributed by atoms with Gasteiger partial charge in [0.1, 0.15) is 11.5 Å². The lowest BCUT2D eigenvalue weighted by Crippen LogP contribution is -2.42. The number of nitrogens with one attached hydrogen (secondary N) is 1. The third-order valence-corrected chi connectivity index (χ3v) is 8.86. The highest BCUT2D eigenvalue weighted by molar-refractivity contribution is 7.99. The maximum Gasteiger partial charge on any atom is 0.291 e. The lowest BCUT2D eigenvalue weighted by atomic mass is 9.66. The van der Waals surface area contributed by atoms with E-state index in [2.05, 4.69) is 17.4 Å². The maximum absolute atomic E-state index is 13.3. The van der Waals surface area contributed by atoms with Crippen molar-refractivity contribution < 1.29 is 18.8 Å². The number of carbonyl (C=O) groups excluding carboxylic acids is 2. The first-order valence-corrected chi connectivity index (χ1v) is 13.8. The van der Waals surface area contributed by atoms with Gasteiger partial charge in [0.25, 0.3) is 11.8 Å². The Hall–Kier alpha value is -2.48. The van der Waals surface area contributed by atoms with Crippen molar-refractivity contribution >= 4 is 23.6 Å². The van der Waals surface area contributed by atoms with Crippen LogP contribution in [0.3, 0.4) is 0 Å². The van der Waals surface area contributed by atoms with E-state index in [4.69, 9.17) is 9.26 Å². The Labute approximate surface area is 211 Å². The van der Waals surface area contributed by atoms with E-state index in [1.807, 2.05) is 30.3 Å². The van der Waals surface area contributed by atoms with Crippen LogP contribution in [0.2, 0.25) is 0 Å². The van der Waals surface area contributed by atoms with Crippen molar-refractivity contribution in [3.63, 3.8) is 0 Å². The summed E-state index contributed by atoms with van der Waals surface area (Å²) >= 11 is 1.41. The molecule has 3 unspecified atom stereocenters. The summed E-state index contributed by atoms with van der Waals surface area (Å²) in [4.78, 5) is 28.6. The number of hydrogen-bond donors (Lipinski definition) is 1. The number of aromatic nitrogens is 1. The van der Waals surface area contributed by atoms with Gasteiger partial charge in [-0.05, 0) is 67.7 Å². The molecular formula is C27H35N3O4S. The summed E-state index contributed by atoms with van der Waals surface area (Å²) in [6, 6.07) is 9.91. The van der Waals surface area contributed by atoms with Gasteiger partial charge in [-0.25, -0.2) is 0 Å². The minimum atomic E-state index is -0.247. The Morgan fingerprint density at radius 2 is 1.97 bits per heavy atom. The van der Waals surface area contributed by atoms with E-state index in [9.17, 15) is 9.59 Å². The molecule has 1 N–H and O–H groups in total. The molecule has 35 heavy (non-hydrogen) atoms. The topological polar surface area (TPSA) is 84.7 Å². The van der Waals surface area contributed by atoms with E-state index < -0.39 is 0 Å². The summed E-state index contributed by atoms with van der Waals surface area (Å²) < 4.78 is 11.5. The molecule has 0 radical (unpaired) electrons. The number of carbonyl (C=O) groups is 2. The third-order valence-electron chi connectivity index (χ3n) is 7.79. The van der Waals surface area contributed by atoms with Gasteiger partial charge in [-0.15, -0.1) is 0 Å². The molecule has 3 aliphatic rings. The molecule has 2 saturated carbocycles. The average molecular weight is 498 g/mol. The fourth-order valence-corrected chi connectivity index (χ4v) is 6.91. The van der Waals surface area contributed by atoms with Gasteiger partial charge in [0.05, 0.1) is 6.54 Å². The molecule has 188 valence electrons. The Balaban J connectivity index is 1.27. The second-order valence-corrected chi connectivity index (χ2v) is 11.4. The van der Waals surface area contributed by atoms with Gasteiger partial charge in [0, 0.05) is 23.9 Å². The van der Waals surface area contributed by atoms with E-state index >= 15 is 0 Å². The second kappa shape index (κ2) is 11.1. The number of likely N-dealkylation sites (tertiary alicyclic amines) is 1. The van der Waals surface area contributed by atoms with Crippen molar-refractivity contribution in [2.24, 2.45) is 17.8 Å². The number of amides is 2. The monoisotopic (exact) mass is 497 g/mol. The molecule has 7 nitrogen and oxygen atoms in total. The van der Waals surface area contributed by atoms with E-state index in [1.54, 1.807) is 4.90 Å². The molecule has 2 heterocycles. The lowest BCUT2D eigenvalue weighted by molar-refractivity contribution is -0.128. The van der Waals surface area contributed by atoms with Crippen molar-refractivity contribution in [2.45, 2.75) is 74.1 Å². The Kier molecular flexibility index (Phi) is 7.66. The molecule has 3 atom stereocenters. The summed E-state index contributed by atoms with van der Waals surface area (Å²) in [5.74, 6) is 2.53. The van der Waals surface area contributed by atoms with Crippen LogP contribution in [-0.4, -0.2) is 47.6 Å². The minimum Gasteiger partial charge on any atom is -0.473 e. The van der Waals surface area contributed by atoms with E-state index in [-0.39, 0.29) is 23.6 Å². The number of nitrogens with zero attached hydrogens (tertiary/aromatic N) is 2. The van der Waals surface area contributed by atoms with Gasteiger partial charge in [-0.1, -0.05) is 49.2 Å². The van der Waals surface area contributed by atoms with Crippen molar-refractivity contribution in [3.05, 3.63) is 36.1 Å². The van der Waals surface area contributed by atoms with Crippen LogP contribution in [0.5, 0.6) is 5.88 Å². The van der Waals surface area contributed by atoms with Crippen molar-refractivity contribution in [2.75, 3.05) is 19.7 Å². The predicted octanol–water partition coefficient (Wildman–Crippen LogP) is 5.16. The zero-order chi connectivity index (χ0) is 24.2. The molecule has 5 rings (SSSR count).